The molecule has 0 radical (unpaired) electrons. The van der Waals surface area contributed by atoms with Crippen molar-refractivity contribution in [3.63, 3.8) is 0 Å². The highest BCUT2D eigenvalue weighted by molar-refractivity contribution is 6.34. The number of aryl methyl sites for hydroxylation is 1. The van der Waals surface area contributed by atoms with Gasteiger partial charge in [0.25, 0.3) is 5.91 Å². The van der Waals surface area contributed by atoms with E-state index in [4.69, 9.17) is 42.6 Å². The summed E-state index contributed by atoms with van der Waals surface area (Å²) in [5, 5.41) is 5.85. The van der Waals surface area contributed by atoms with Crippen molar-refractivity contribution < 1.29 is 14.3 Å². The van der Waals surface area contributed by atoms with Crippen molar-refractivity contribution in [2.45, 2.75) is 52.0 Å². The van der Waals surface area contributed by atoms with Crippen LogP contribution in [-0.4, -0.2) is 82.3 Å². The van der Waals surface area contributed by atoms with Crippen LogP contribution in [0, 0.1) is 0 Å². The summed E-state index contributed by atoms with van der Waals surface area (Å²) in [5.41, 5.74) is 5.18. The highest BCUT2D eigenvalue weighted by Gasteiger charge is 2.33. The van der Waals surface area contributed by atoms with E-state index in [9.17, 15) is 4.79 Å². The zero-order valence-corrected chi connectivity index (χ0v) is 25.2. The second-order valence-electron chi connectivity index (χ2n) is 10.8. The van der Waals surface area contributed by atoms with Gasteiger partial charge in [-0.25, -0.2) is 0 Å². The fourth-order valence-electron chi connectivity index (χ4n) is 5.99. The summed E-state index contributed by atoms with van der Waals surface area (Å²) < 4.78 is 13.9. The molecule has 1 atom stereocenters. The van der Waals surface area contributed by atoms with Gasteiger partial charge >= 0.3 is 6.01 Å². The number of amides is 1. The number of methoxy groups -OCH3 is 1. The van der Waals surface area contributed by atoms with Crippen molar-refractivity contribution in [2.24, 2.45) is 0 Å². The number of nitrogens with zero attached hydrogens (tertiary/aromatic N) is 7. The van der Waals surface area contributed by atoms with Gasteiger partial charge in [0.05, 0.1) is 42.8 Å². The molecule has 3 aliphatic rings. The lowest BCUT2D eigenvalue weighted by Crippen LogP contribution is -2.47. The lowest BCUT2D eigenvalue weighted by molar-refractivity contribution is 0.0252. The Labute approximate surface area is 250 Å². The molecule has 3 aliphatic heterocycles. The van der Waals surface area contributed by atoms with E-state index in [-0.39, 0.29) is 12.0 Å². The van der Waals surface area contributed by atoms with Crippen LogP contribution in [0.5, 0.6) is 6.01 Å². The maximum Gasteiger partial charge on any atom is 0.318 e. The standard InChI is InChI=1S/C29H35Cl2N7O3/c1-4-18-19(7-5-8-21(18)30)24-15-22-20(17-41-24)27(33-29(32-22)40-3)37-9-6-10-38-23(16-37)25(31)26(34-38)28(39)36-13-11-35(2)12-14-36/h5,7-8,24H,4,6,9-17H2,1-3H3. The van der Waals surface area contributed by atoms with E-state index in [0.29, 0.717) is 55.9 Å². The summed E-state index contributed by atoms with van der Waals surface area (Å²) >= 11 is 13.4. The van der Waals surface area contributed by atoms with Crippen LogP contribution in [0.2, 0.25) is 10.0 Å². The molecule has 3 aromatic rings. The number of halogens is 2. The summed E-state index contributed by atoms with van der Waals surface area (Å²) in [6.45, 7) is 7.36. The minimum atomic E-state index is -0.160. The molecule has 1 saturated heterocycles. The zero-order chi connectivity index (χ0) is 28.7. The molecule has 2 aromatic heterocycles. The Morgan fingerprint density at radius 2 is 1.93 bits per heavy atom. The molecule has 218 valence electrons. The molecule has 0 N–H and O–H groups in total. The highest BCUT2D eigenvalue weighted by atomic mass is 35.5. The van der Waals surface area contributed by atoms with E-state index in [1.807, 2.05) is 21.7 Å². The van der Waals surface area contributed by atoms with Gasteiger partial charge in [0, 0.05) is 56.3 Å². The van der Waals surface area contributed by atoms with Crippen molar-refractivity contribution in [3.8, 4) is 6.01 Å². The summed E-state index contributed by atoms with van der Waals surface area (Å²) in [7, 11) is 3.65. The Balaban J connectivity index is 1.30. The van der Waals surface area contributed by atoms with Gasteiger partial charge in [0.15, 0.2) is 5.69 Å². The van der Waals surface area contributed by atoms with E-state index in [1.165, 1.54) is 0 Å². The van der Waals surface area contributed by atoms with Gasteiger partial charge in [-0.2, -0.15) is 15.1 Å². The molecule has 0 spiro atoms. The van der Waals surface area contributed by atoms with Gasteiger partial charge in [-0.3, -0.25) is 9.48 Å². The third-order valence-corrected chi connectivity index (χ3v) is 9.07. The number of fused-ring (bicyclic) bond motifs is 2. The molecular formula is C29H35Cl2N7O3. The summed E-state index contributed by atoms with van der Waals surface area (Å²) in [4.78, 5) is 29.1. The molecule has 0 aliphatic carbocycles. The quantitative estimate of drug-likeness (QED) is 0.432. The first-order valence-corrected chi connectivity index (χ1v) is 14.9. The fraction of sp³-hybridized carbons (Fsp3) is 0.517. The van der Waals surface area contributed by atoms with E-state index >= 15 is 0 Å². The van der Waals surface area contributed by atoms with Crippen molar-refractivity contribution in [2.75, 3.05) is 51.8 Å². The molecule has 1 fully saturated rings. The average molecular weight is 601 g/mol. The number of likely N-dealkylation sites (N-methyl/N-ethyl adjacent to an activating group) is 1. The molecular weight excluding hydrogens is 565 g/mol. The second-order valence-corrected chi connectivity index (χ2v) is 11.6. The Morgan fingerprint density at radius 1 is 1.12 bits per heavy atom. The number of aromatic nitrogens is 4. The lowest BCUT2D eigenvalue weighted by Gasteiger charge is -2.32. The third kappa shape index (κ3) is 5.38. The number of ether oxygens (including phenoxy) is 2. The highest BCUT2D eigenvalue weighted by Crippen LogP contribution is 2.38. The number of benzene rings is 1. The molecule has 10 nitrogen and oxygen atoms in total. The maximum atomic E-state index is 13.3. The summed E-state index contributed by atoms with van der Waals surface area (Å²) in [6.07, 6.45) is 2.07. The minimum absolute atomic E-state index is 0.108. The first-order valence-electron chi connectivity index (χ1n) is 14.2. The fourth-order valence-corrected chi connectivity index (χ4v) is 6.58. The molecule has 41 heavy (non-hydrogen) atoms. The van der Waals surface area contributed by atoms with Crippen LogP contribution in [0.3, 0.4) is 0 Å². The van der Waals surface area contributed by atoms with Gasteiger partial charge in [0.1, 0.15) is 5.82 Å². The van der Waals surface area contributed by atoms with Gasteiger partial charge in [0.2, 0.25) is 0 Å². The van der Waals surface area contributed by atoms with Crippen LogP contribution in [0.25, 0.3) is 0 Å². The Bertz CT molecular complexity index is 1450. The largest absolute Gasteiger partial charge is 0.467 e. The van der Waals surface area contributed by atoms with Crippen molar-refractivity contribution in [1.29, 1.82) is 0 Å². The lowest BCUT2D eigenvalue weighted by atomic mass is 9.94. The van der Waals surface area contributed by atoms with Crippen LogP contribution in [0.1, 0.15) is 58.0 Å². The van der Waals surface area contributed by atoms with Crippen LogP contribution < -0.4 is 9.64 Å². The first-order chi connectivity index (χ1) is 19.9. The number of rotatable bonds is 5. The zero-order valence-electron chi connectivity index (χ0n) is 23.7. The average Bonchev–Trinajstić information content (AvgIpc) is 3.15. The van der Waals surface area contributed by atoms with Crippen LogP contribution in [0.15, 0.2) is 18.2 Å². The Morgan fingerprint density at radius 3 is 2.68 bits per heavy atom. The molecule has 0 saturated carbocycles. The van der Waals surface area contributed by atoms with E-state index in [2.05, 4.69) is 34.9 Å². The minimum Gasteiger partial charge on any atom is -0.467 e. The molecule has 5 heterocycles. The Hall–Kier alpha value is -2.92. The van der Waals surface area contributed by atoms with E-state index in [0.717, 1.165) is 71.4 Å². The smallest absolute Gasteiger partial charge is 0.318 e. The van der Waals surface area contributed by atoms with Crippen molar-refractivity contribution in [3.05, 3.63) is 62.0 Å². The van der Waals surface area contributed by atoms with Gasteiger partial charge in [-0.1, -0.05) is 42.3 Å². The van der Waals surface area contributed by atoms with Gasteiger partial charge in [-0.15, -0.1) is 0 Å². The number of carbonyl (C=O) groups excluding carboxylic acids is 1. The molecule has 0 bridgehead atoms. The number of hydrogen-bond donors (Lipinski definition) is 0. The van der Waals surface area contributed by atoms with Gasteiger partial charge < -0.3 is 24.2 Å². The maximum absolute atomic E-state index is 13.3. The first kappa shape index (κ1) is 28.2. The summed E-state index contributed by atoms with van der Waals surface area (Å²) in [6, 6.07) is 6.28. The van der Waals surface area contributed by atoms with E-state index in [1.54, 1.807) is 7.11 Å². The molecule has 1 amide bonds. The SMILES string of the molecule is CCc1c(Cl)cccc1C1Cc2nc(OC)nc(N3CCCn4nc(C(=O)N5CCN(C)CC5)c(Cl)c4C3)c2CO1. The Kier molecular flexibility index (Phi) is 8.09. The summed E-state index contributed by atoms with van der Waals surface area (Å²) in [5.74, 6) is 0.660. The molecule has 1 aromatic carbocycles. The van der Waals surface area contributed by atoms with Gasteiger partial charge in [-0.05, 0) is 37.1 Å². The topological polar surface area (TPSA) is 88.9 Å². The predicted molar refractivity (Wildman–Crippen MR) is 157 cm³/mol. The van der Waals surface area contributed by atoms with Crippen LogP contribution in [0.4, 0.5) is 5.82 Å². The van der Waals surface area contributed by atoms with Crippen LogP contribution >= 0.6 is 23.2 Å². The van der Waals surface area contributed by atoms with Crippen molar-refractivity contribution in [1.82, 2.24) is 29.5 Å². The molecule has 6 rings (SSSR count). The van der Waals surface area contributed by atoms with E-state index < -0.39 is 0 Å². The van der Waals surface area contributed by atoms with Crippen molar-refractivity contribution >= 4 is 34.9 Å². The monoisotopic (exact) mass is 599 g/mol. The predicted octanol–water partition coefficient (Wildman–Crippen LogP) is 4.16. The molecule has 1 unspecified atom stereocenters. The number of hydrogen-bond acceptors (Lipinski definition) is 8. The number of carbonyl (C=O) groups is 1. The number of piperazine rings is 1. The molecule has 12 heteroatoms. The number of anilines is 1. The second kappa shape index (κ2) is 11.8. The normalized spacial score (nSPS) is 19.5. The third-order valence-electron chi connectivity index (χ3n) is 8.32. The van der Waals surface area contributed by atoms with Crippen LogP contribution in [-0.2, 0) is 37.3 Å².